The number of carbonyl (C=O) groups excluding carboxylic acids is 1. The third-order valence-corrected chi connectivity index (χ3v) is 4.26. The Balaban J connectivity index is 2.39. The molecule has 1 unspecified atom stereocenters. The highest BCUT2D eigenvalue weighted by Crippen LogP contribution is 2.34. The number of rotatable bonds is 3. The van der Waals surface area contributed by atoms with E-state index in [1.54, 1.807) is 6.92 Å². The van der Waals surface area contributed by atoms with Crippen molar-refractivity contribution in [1.29, 1.82) is 0 Å². The Kier molecular flexibility index (Phi) is 4.25. The largest absolute Gasteiger partial charge is 0.479 e. The van der Waals surface area contributed by atoms with Crippen molar-refractivity contribution in [2.24, 2.45) is 0 Å². The van der Waals surface area contributed by atoms with Gasteiger partial charge in [-0.15, -0.1) is 0 Å². The van der Waals surface area contributed by atoms with Crippen LogP contribution in [0, 0.1) is 0 Å². The van der Waals surface area contributed by atoms with Crippen LogP contribution in [0.15, 0.2) is 18.2 Å². The van der Waals surface area contributed by atoms with Crippen molar-refractivity contribution in [2.75, 3.05) is 6.54 Å². The van der Waals surface area contributed by atoms with Crippen molar-refractivity contribution in [3.05, 3.63) is 33.8 Å². The molecule has 1 amide bonds. The second-order valence-electron chi connectivity index (χ2n) is 4.91. The zero-order valence-corrected chi connectivity index (χ0v) is 12.5. The number of hydrogen-bond donors (Lipinski definition) is 1. The second-order valence-corrected chi connectivity index (χ2v) is 5.78. The van der Waals surface area contributed by atoms with Crippen LogP contribution in [0.2, 0.25) is 10.0 Å². The van der Waals surface area contributed by atoms with Crippen LogP contribution in [0.5, 0.6) is 0 Å². The van der Waals surface area contributed by atoms with E-state index in [2.05, 4.69) is 0 Å². The van der Waals surface area contributed by atoms with Crippen molar-refractivity contribution in [1.82, 2.24) is 4.90 Å². The van der Waals surface area contributed by atoms with E-state index in [1.165, 1.54) is 23.1 Å². The first-order chi connectivity index (χ1) is 9.40. The molecule has 1 saturated heterocycles. The Morgan fingerprint density at radius 3 is 2.40 bits per heavy atom. The first kappa shape index (κ1) is 15.1. The van der Waals surface area contributed by atoms with E-state index in [0.717, 1.165) is 0 Å². The van der Waals surface area contributed by atoms with Crippen molar-refractivity contribution in [3.63, 3.8) is 0 Å². The lowest BCUT2D eigenvalue weighted by Gasteiger charge is -2.34. The number of carboxylic acid groups (broad SMARTS) is 1. The quantitative estimate of drug-likeness (QED) is 0.929. The molecule has 0 bridgehead atoms. The third kappa shape index (κ3) is 2.50. The first-order valence-electron chi connectivity index (χ1n) is 6.42. The maximum atomic E-state index is 12.6. The minimum Gasteiger partial charge on any atom is -0.479 e. The SMILES string of the molecule is CCC1(C(=O)O)CCCN1C(=O)c1cc(Cl)cc(Cl)c1. The smallest absolute Gasteiger partial charge is 0.329 e. The van der Waals surface area contributed by atoms with Crippen molar-refractivity contribution in [2.45, 2.75) is 31.7 Å². The Morgan fingerprint density at radius 2 is 1.90 bits per heavy atom. The molecular formula is C14H15Cl2NO3. The van der Waals surface area contributed by atoms with E-state index < -0.39 is 11.5 Å². The molecule has 0 saturated carbocycles. The molecule has 0 radical (unpaired) electrons. The van der Waals surface area contributed by atoms with E-state index in [-0.39, 0.29) is 5.91 Å². The van der Waals surface area contributed by atoms with Gasteiger partial charge in [0, 0.05) is 22.2 Å². The van der Waals surface area contributed by atoms with Gasteiger partial charge in [0.25, 0.3) is 5.91 Å². The fourth-order valence-corrected chi connectivity index (χ4v) is 3.27. The lowest BCUT2D eigenvalue weighted by molar-refractivity contribution is -0.148. The van der Waals surface area contributed by atoms with E-state index in [4.69, 9.17) is 23.2 Å². The van der Waals surface area contributed by atoms with Crippen LogP contribution in [-0.2, 0) is 4.79 Å². The summed E-state index contributed by atoms with van der Waals surface area (Å²) in [6.45, 7) is 2.22. The Labute approximate surface area is 127 Å². The number of carbonyl (C=O) groups is 2. The van der Waals surface area contributed by atoms with Gasteiger partial charge in [0.1, 0.15) is 5.54 Å². The second kappa shape index (κ2) is 5.62. The number of benzene rings is 1. The fraction of sp³-hybridized carbons (Fsp3) is 0.429. The number of nitrogens with zero attached hydrogens (tertiary/aromatic N) is 1. The lowest BCUT2D eigenvalue weighted by Crippen LogP contribution is -2.52. The third-order valence-electron chi connectivity index (χ3n) is 3.83. The molecule has 20 heavy (non-hydrogen) atoms. The number of amides is 1. The molecule has 6 heteroatoms. The van der Waals surface area contributed by atoms with Crippen LogP contribution in [0.3, 0.4) is 0 Å². The van der Waals surface area contributed by atoms with Gasteiger partial charge in [-0.25, -0.2) is 4.79 Å². The molecule has 108 valence electrons. The van der Waals surface area contributed by atoms with Gasteiger partial charge in [-0.05, 0) is 37.5 Å². The molecule has 1 aromatic carbocycles. The molecule has 1 aromatic rings. The molecule has 2 rings (SSSR count). The summed E-state index contributed by atoms with van der Waals surface area (Å²) in [5.41, 5.74) is -0.797. The number of halogens is 2. The lowest BCUT2D eigenvalue weighted by atomic mass is 9.92. The van der Waals surface area contributed by atoms with Crippen LogP contribution in [0.1, 0.15) is 36.5 Å². The van der Waals surface area contributed by atoms with E-state index in [0.29, 0.717) is 41.4 Å². The van der Waals surface area contributed by atoms with Crippen LogP contribution in [0.4, 0.5) is 0 Å². The summed E-state index contributed by atoms with van der Waals surface area (Å²) in [7, 11) is 0. The predicted molar refractivity (Wildman–Crippen MR) is 77.4 cm³/mol. The molecule has 0 spiro atoms. The summed E-state index contributed by atoms with van der Waals surface area (Å²) < 4.78 is 0. The number of likely N-dealkylation sites (tertiary alicyclic amines) is 1. The fourth-order valence-electron chi connectivity index (χ4n) is 2.75. The van der Waals surface area contributed by atoms with E-state index in [9.17, 15) is 14.7 Å². The highest BCUT2D eigenvalue weighted by molar-refractivity contribution is 6.35. The summed E-state index contributed by atoms with van der Waals surface area (Å²) >= 11 is 11.8. The van der Waals surface area contributed by atoms with Crippen LogP contribution in [-0.4, -0.2) is 34.0 Å². The Morgan fingerprint density at radius 1 is 1.30 bits per heavy atom. The van der Waals surface area contributed by atoms with Crippen molar-refractivity contribution < 1.29 is 14.7 Å². The standard InChI is InChI=1S/C14H15Cl2NO3/c1-2-14(13(19)20)4-3-5-17(14)12(18)9-6-10(15)8-11(16)7-9/h6-8H,2-5H2,1H3,(H,19,20). The summed E-state index contributed by atoms with van der Waals surface area (Å²) in [5, 5.41) is 10.2. The van der Waals surface area contributed by atoms with E-state index >= 15 is 0 Å². The highest BCUT2D eigenvalue weighted by atomic mass is 35.5. The summed E-state index contributed by atoms with van der Waals surface area (Å²) in [4.78, 5) is 25.6. The summed E-state index contributed by atoms with van der Waals surface area (Å²) in [6.07, 6.45) is 1.53. The van der Waals surface area contributed by atoms with E-state index in [1.807, 2.05) is 0 Å². The molecule has 1 N–H and O–H groups in total. The number of aliphatic carboxylic acids is 1. The molecule has 0 aromatic heterocycles. The van der Waals surface area contributed by atoms with Gasteiger partial charge in [-0.1, -0.05) is 30.1 Å². The minimum atomic E-state index is -1.12. The van der Waals surface area contributed by atoms with Gasteiger partial charge in [0.15, 0.2) is 0 Å². The zero-order chi connectivity index (χ0) is 14.9. The van der Waals surface area contributed by atoms with Gasteiger partial charge in [0.2, 0.25) is 0 Å². The molecule has 0 aliphatic carbocycles. The van der Waals surface area contributed by atoms with Crippen LogP contribution >= 0.6 is 23.2 Å². The minimum absolute atomic E-state index is 0.323. The average Bonchev–Trinajstić information content (AvgIpc) is 2.81. The monoisotopic (exact) mass is 315 g/mol. The maximum absolute atomic E-state index is 12.6. The summed E-state index contributed by atoms with van der Waals surface area (Å²) in [6, 6.07) is 4.56. The van der Waals surface area contributed by atoms with Crippen LogP contribution < -0.4 is 0 Å². The summed E-state index contributed by atoms with van der Waals surface area (Å²) in [5.74, 6) is -1.30. The molecular weight excluding hydrogens is 301 g/mol. The maximum Gasteiger partial charge on any atom is 0.329 e. The molecule has 1 aliphatic rings. The van der Waals surface area contributed by atoms with Gasteiger partial charge in [-0.2, -0.15) is 0 Å². The average molecular weight is 316 g/mol. The zero-order valence-electron chi connectivity index (χ0n) is 11.0. The predicted octanol–water partition coefficient (Wildman–Crippen LogP) is 3.46. The van der Waals surface area contributed by atoms with Crippen molar-refractivity contribution >= 4 is 35.1 Å². The molecule has 1 atom stereocenters. The van der Waals surface area contributed by atoms with Gasteiger partial charge in [0.05, 0.1) is 0 Å². The highest BCUT2D eigenvalue weighted by Gasteiger charge is 2.48. The molecule has 1 aliphatic heterocycles. The van der Waals surface area contributed by atoms with Crippen LogP contribution in [0.25, 0.3) is 0 Å². The normalized spacial score (nSPS) is 22.1. The topological polar surface area (TPSA) is 57.6 Å². The van der Waals surface area contributed by atoms with Gasteiger partial charge >= 0.3 is 5.97 Å². The Hall–Kier alpha value is -1.26. The van der Waals surface area contributed by atoms with Gasteiger partial charge in [-0.3, -0.25) is 4.79 Å². The van der Waals surface area contributed by atoms with Crippen molar-refractivity contribution in [3.8, 4) is 0 Å². The first-order valence-corrected chi connectivity index (χ1v) is 7.18. The van der Waals surface area contributed by atoms with Gasteiger partial charge < -0.3 is 10.0 Å². The Bertz CT molecular complexity index is 541. The number of carboxylic acids is 1. The number of hydrogen-bond acceptors (Lipinski definition) is 2. The molecule has 1 heterocycles. The molecule has 4 nitrogen and oxygen atoms in total. The molecule has 1 fully saturated rings.